The summed E-state index contributed by atoms with van der Waals surface area (Å²) in [6.07, 6.45) is -2.87. The average molecular weight is 589 g/mol. The molecule has 0 atom stereocenters. The Morgan fingerprint density at radius 1 is 0.854 bits per heavy atom. The number of thioether (sulfide) groups is 1. The molecule has 2 aromatic carbocycles. The predicted molar refractivity (Wildman–Crippen MR) is 149 cm³/mol. The van der Waals surface area contributed by atoms with Gasteiger partial charge in [-0.05, 0) is 53.2 Å². The van der Waals surface area contributed by atoms with Crippen molar-refractivity contribution in [3.05, 3.63) is 75.7 Å². The molecular weight excluding hydrogens is 557 g/mol. The van der Waals surface area contributed by atoms with Crippen LogP contribution >= 0.6 is 11.8 Å². The molecule has 0 bridgehead atoms. The van der Waals surface area contributed by atoms with Gasteiger partial charge in [0.2, 0.25) is 0 Å². The fraction of sp³-hybridized carbons (Fsp3) is 0.414. The maximum atomic E-state index is 13.1. The first-order chi connectivity index (χ1) is 19.7. The van der Waals surface area contributed by atoms with E-state index in [2.05, 4.69) is 9.80 Å². The highest BCUT2D eigenvalue weighted by atomic mass is 32.2. The average Bonchev–Trinajstić information content (AvgIpc) is 3.24. The van der Waals surface area contributed by atoms with E-state index < -0.39 is 22.9 Å². The first-order valence-corrected chi connectivity index (χ1v) is 14.3. The lowest BCUT2D eigenvalue weighted by Gasteiger charge is -2.36. The van der Waals surface area contributed by atoms with Crippen LogP contribution in [0.1, 0.15) is 27.0 Å². The minimum Gasteiger partial charge on any atom is -0.379 e. The van der Waals surface area contributed by atoms with E-state index in [0.29, 0.717) is 29.8 Å². The van der Waals surface area contributed by atoms with Crippen LogP contribution in [0.3, 0.4) is 0 Å². The molecule has 12 heteroatoms. The van der Waals surface area contributed by atoms with Gasteiger partial charge < -0.3 is 9.64 Å². The van der Waals surface area contributed by atoms with Crippen LogP contribution in [0.2, 0.25) is 0 Å². The van der Waals surface area contributed by atoms with E-state index in [1.807, 2.05) is 4.90 Å². The Balaban J connectivity index is 1.13. The summed E-state index contributed by atoms with van der Waals surface area (Å²) in [5, 5.41) is -0.489. The number of halogens is 3. The Bertz CT molecular complexity index is 1290. The van der Waals surface area contributed by atoms with E-state index in [1.165, 1.54) is 12.1 Å². The van der Waals surface area contributed by atoms with Gasteiger partial charge in [0.1, 0.15) is 0 Å². The van der Waals surface area contributed by atoms with E-state index in [9.17, 15) is 27.6 Å². The van der Waals surface area contributed by atoms with Crippen LogP contribution in [0, 0.1) is 0 Å². The molecule has 3 aliphatic rings. The Hall–Kier alpha value is -3.19. The molecule has 2 aromatic rings. The largest absolute Gasteiger partial charge is 0.416 e. The molecule has 8 nitrogen and oxygen atoms in total. The number of hydrogen-bond donors (Lipinski definition) is 0. The van der Waals surface area contributed by atoms with Crippen molar-refractivity contribution in [1.82, 2.24) is 19.6 Å². The highest BCUT2D eigenvalue weighted by Gasteiger charge is 2.35. The Morgan fingerprint density at radius 3 is 2.07 bits per heavy atom. The lowest BCUT2D eigenvalue weighted by molar-refractivity contribution is -0.137. The molecule has 3 aliphatic heterocycles. The molecule has 218 valence electrons. The SMILES string of the molecule is O=C(c1ccc(C=C2SC(=O)N(Cc3ccc(C(F)(F)F)cc3)C2=O)cc1)N1CCN(CCN2CCOCC2)CC1. The van der Waals surface area contributed by atoms with Gasteiger partial charge in [0.25, 0.3) is 17.1 Å². The summed E-state index contributed by atoms with van der Waals surface area (Å²) in [6, 6.07) is 11.3. The van der Waals surface area contributed by atoms with Crippen molar-refractivity contribution in [2.75, 3.05) is 65.6 Å². The quantitative estimate of drug-likeness (QED) is 0.453. The van der Waals surface area contributed by atoms with E-state index in [1.54, 1.807) is 30.3 Å². The van der Waals surface area contributed by atoms with Crippen molar-refractivity contribution in [2.45, 2.75) is 12.7 Å². The summed E-state index contributed by atoms with van der Waals surface area (Å²) in [5.41, 5.74) is 0.843. The van der Waals surface area contributed by atoms with Crippen LogP contribution in [-0.2, 0) is 22.3 Å². The van der Waals surface area contributed by atoms with Crippen molar-refractivity contribution in [2.24, 2.45) is 0 Å². The van der Waals surface area contributed by atoms with Crippen LogP contribution in [0.4, 0.5) is 18.0 Å². The van der Waals surface area contributed by atoms with Crippen molar-refractivity contribution in [3.8, 4) is 0 Å². The predicted octanol–water partition coefficient (Wildman–Crippen LogP) is 4.03. The van der Waals surface area contributed by atoms with Gasteiger partial charge in [-0.2, -0.15) is 13.2 Å². The maximum absolute atomic E-state index is 13.1. The van der Waals surface area contributed by atoms with Gasteiger partial charge in [-0.25, -0.2) is 0 Å². The smallest absolute Gasteiger partial charge is 0.379 e. The monoisotopic (exact) mass is 588 g/mol. The molecule has 3 heterocycles. The molecular formula is C29H31F3N4O4S. The summed E-state index contributed by atoms with van der Waals surface area (Å²) in [7, 11) is 0. The number of carbonyl (C=O) groups excluding carboxylic acids is 3. The summed E-state index contributed by atoms with van der Waals surface area (Å²) in [5.74, 6) is -0.548. The molecule has 3 amide bonds. The fourth-order valence-electron chi connectivity index (χ4n) is 4.96. The van der Waals surface area contributed by atoms with Gasteiger partial charge >= 0.3 is 6.18 Å². The van der Waals surface area contributed by atoms with Crippen molar-refractivity contribution < 1.29 is 32.3 Å². The minimum atomic E-state index is -4.46. The molecule has 41 heavy (non-hydrogen) atoms. The zero-order valence-corrected chi connectivity index (χ0v) is 23.3. The van der Waals surface area contributed by atoms with Crippen LogP contribution in [0.25, 0.3) is 6.08 Å². The fourth-order valence-corrected chi connectivity index (χ4v) is 5.79. The molecule has 0 radical (unpaired) electrons. The molecule has 0 aliphatic carbocycles. The Kier molecular flexibility index (Phi) is 9.12. The lowest BCUT2D eigenvalue weighted by atomic mass is 10.1. The molecule has 5 rings (SSSR count). The van der Waals surface area contributed by atoms with Crippen molar-refractivity contribution in [1.29, 1.82) is 0 Å². The number of piperazine rings is 1. The topological polar surface area (TPSA) is 73.4 Å². The Labute approximate surface area is 240 Å². The number of nitrogens with zero attached hydrogens (tertiary/aromatic N) is 4. The highest BCUT2D eigenvalue weighted by Crippen LogP contribution is 2.34. The van der Waals surface area contributed by atoms with Crippen LogP contribution in [0.15, 0.2) is 53.4 Å². The van der Waals surface area contributed by atoms with E-state index in [-0.39, 0.29) is 17.4 Å². The number of benzene rings is 2. The number of alkyl halides is 3. The molecule has 0 N–H and O–H groups in total. The molecule has 3 fully saturated rings. The normalized spacial score (nSPS) is 20.3. The second-order valence-electron chi connectivity index (χ2n) is 10.2. The number of imide groups is 1. The standard InChI is InChI=1S/C29H31F3N4O4S/c30-29(31,32)24-7-3-22(4-8-24)20-36-27(38)25(41-28(36)39)19-21-1-5-23(6-2-21)26(37)35-13-11-33(12-14-35)9-10-34-15-17-40-18-16-34/h1-8,19H,9-18,20H2. The summed E-state index contributed by atoms with van der Waals surface area (Å²) in [6.45, 7) is 8.36. The Morgan fingerprint density at radius 2 is 1.46 bits per heavy atom. The molecule has 0 aromatic heterocycles. The van der Waals surface area contributed by atoms with E-state index in [0.717, 1.165) is 81.3 Å². The zero-order valence-electron chi connectivity index (χ0n) is 22.4. The molecule has 0 saturated carbocycles. The van der Waals surface area contributed by atoms with Crippen LogP contribution < -0.4 is 0 Å². The number of rotatable bonds is 7. The first-order valence-electron chi connectivity index (χ1n) is 13.5. The van der Waals surface area contributed by atoms with Crippen LogP contribution in [-0.4, -0.2) is 102 Å². The maximum Gasteiger partial charge on any atom is 0.416 e. The summed E-state index contributed by atoms with van der Waals surface area (Å²) >= 11 is 0.779. The van der Waals surface area contributed by atoms with Gasteiger partial charge in [0, 0.05) is 57.9 Å². The van der Waals surface area contributed by atoms with Gasteiger partial charge in [-0.15, -0.1) is 0 Å². The molecule has 0 spiro atoms. The number of ether oxygens (including phenoxy) is 1. The third kappa shape index (κ3) is 7.37. The van der Waals surface area contributed by atoms with Crippen LogP contribution in [0.5, 0.6) is 0 Å². The van der Waals surface area contributed by atoms with Gasteiger partial charge in [0.05, 0.1) is 30.2 Å². The third-order valence-corrected chi connectivity index (χ3v) is 8.35. The second kappa shape index (κ2) is 12.8. The van der Waals surface area contributed by atoms with Gasteiger partial charge in [-0.3, -0.25) is 29.1 Å². The number of amides is 3. The minimum absolute atomic E-state index is 0.0405. The highest BCUT2D eigenvalue weighted by molar-refractivity contribution is 8.18. The lowest BCUT2D eigenvalue weighted by Crippen LogP contribution is -2.51. The number of carbonyl (C=O) groups is 3. The third-order valence-electron chi connectivity index (χ3n) is 7.45. The van der Waals surface area contributed by atoms with E-state index >= 15 is 0 Å². The summed E-state index contributed by atoms with van der Waals surface area (Å²) < 4.78 is 43.8. The first kappa shape index (κ1) is 29.3. The van der Waals surface area contributed by atoms with Gasteiger partial charge in [-0.1, -0.05) is 24.3 Å². The second-order valence-corrected chi connectivity index (χ2v) is 11.2. The van der Waals surface area contributed by atoms with Crippen molar-refractivity contribution >= 4 is 34.9 Å². The number of morpholine rings is 1. The molecule has 3 saturated heterocycles. The van der Waals surface area contributed by atoms with Gasteiger partial charge in [0.15, 0.2) is 0 Å². The van der Waals surface area contributed by atoms with E-state index in [4.69, 9.17) is 4.74 Å². The zero-order chi connectivity index (χ0) is 29.0. The molecule has 0 unspecified atom stereocenters. The number of hydrogen-bond acceptors (Lipinski definition) is 7. The van der Waals surface area contributed by atoms with Crippen molar-refractivity contribution in [3.63, 3.8) is 0 Å². The summed E-state index contributed by atoms with van der Waals surface area (Å²) in [4.78, 5) is 46.2.